The van der Waals surface area contributed by atoms with Gasteiger partial charge in [0.2, 0.25) is 0 Å². The number of aryl methyl sites for hydroxylation is 1. The lowest BCUT2D eigenvalue weighted by molar-refractivity contribution is 0.290. The van der Waals surface area contributed by atoms with E-state index in [1.165, 1.54) is 0 Å². The predicted octanol–water partition coefficient (Wildman–Crippen LogP) is 3.33. The van der Waals surface area contributed by atoms with Crippen molar-refractivity contribution in [1.29, 1.82) is 0 Å². The SMILES string of the molecule is CCNC1CCC(CC)CC1S(=O)(=O)c1cccc(C)c1. The number of hydrogen-bond acceptors (Lipinski definition) is 3. The van der Waals surface area contributed by atoms with E-state index in [-0.39, 0.29) is 11.3 Å². The summed E-state index contributed by atoms with van der Waals surface area (Å²) in [5.41, 5.74) is 0.999. The van der Waals surface area contributed by atoms with E-state index in [4.69, 9.17) is 0 Å². The van der Waals surface area contributed by atoms with Crippen LogP contribution in [0.25, 0.3) is 0 Å². The molecule has 0 saturated heterocycles. The minimum atomic E-state index is -3.26. The Morgan fingerprint density at radius 1 is 1.24 bits per heavy atom. The molecule has 1 N–H and O–H groups in total. The van der Waals surface area contributed by atoms with Gasteiger partial charge in [0.25, 0.3) is 0 Å². The molecule has 1 fully saturated rings. The van der Waals surface area contributed by atoms with Crippen LogP contribution >= 0.6 is 0 Å². The maximum atomic E-state index is 13.0. The molecule has 1 aliphatic rings. The van der Waals surface area contributed by atoms with Gasteiger partial charge >= 0.3 is 0 Å². The van der Waals surface area contributed by atoms with E-state index < -0.39 is 9.84 Å². The van der Waals surface area contributed by atoms with Crippen molar-refractivity contribution in [2.45, 2.75) is 62.6 Å². The zero-order chi connectivity index (χ0) is 15.5. The van der Waals surface area contributed by atoms with E-state index in [1.807, 2.05) is 26.0 Å². The molecule has 1 saturated carbocycles. The molecule has 1 aliphatic carbocycles. The van der Waals surface area contributed by atoms with Crippen LogP contribution in [0.2, 0.25) is 0 Å². The van der Waals surface area contributed by atoms with E-state index in [1.54, 1.807) is 12.1 Å². The Morgan fingerprint density at radius 2 is 2.00 bits per heavy atom. The van der Waals surface area contributed by atoms with Crippen LogP contribution in [0.15, 0.2) is 29.2 Å². The third kappa shape index (κ3) is 3.67. The Morgan fingerprint density at radius 3 is 2.62 bits per heavy atom. The summed E-state index contributed by atoms with van der Waals surface area (Å²) in [7, 11) is -3.26. The average Bonchev–Trinajstić information content (AvgIpc) is 2.48. The van der Waals surface area contributed by atoms with Crippen LogP contribution < -0.4 is 5.32 Å². The van der Waals surface area contributed by atoms with Crippen LogP contribution in [0.1, 0.15) is 45.1 Å². The van der Waals surface area contributed by atoms with E-state index in [0.717, 1.165) is 37.8 Å². The van der Waals surface area contributed by atoms with Crippen molar-refractivity contribution in [3.63, 3.8) is 0 Å². The highest BCUT2D eigenvalue weighted by atomic mass is 32.2. The number of benzene rings is 1. The van der Waals surface area contributed by atoms with E-state index >= 15 is 0 Å². The number of sulfone groups is 1. The quantitative estimate of drug-likeness (QED) is 0.907. The van der Waals surface area contributed by atoms with Gasteiger partial charge in [0.15, 0.2) is 9.84 Å². The third-order valence-corrected chi connectivity index (χ3v) is 6.89. The molecule has 0 aromatic heterocycles. The molecule has 4 heteroatoms. The highest BCUT2D eigenvalue weighted by Gasteiger charge is 2.38. The summed E-state index contributed by atoms with van der Waals surface area (Å²) in [6.07, 6.45) is 3.94. The standard InChI is InChI=1S/C17H27NO2S/c1-4-14-9-10-16(18-5-2)17(12-14)21(19,20)15-8-6-7-13(3)11-15/h6-8,11,14,16-18H,4-5,9-10,12H2,1-3H3. The maximum Gasteiger partial charge on any atom is 0.182 e. The Balaban J connectivity index is 2.33. The van der Waals surface area contributed by atoms with Crippen molar-refractivity contribution in [1.82, 2.24) is 5.32 Å². The molecule has 1 aromatic rings. The van der Waals surface area contributed by atoms with Gasteiger partial charge in [0.05, 0.1) is 10.1 Å². The number of rotatable bonds is 5. The monoisotopic (exact) mass is 309 g/mol. The molecular weight excluding hydrogens is 282 g/mol. The van der Waals surface area contributed by atoms with Crippen molar-refractivity contribution >= 4 is 9.84 Å². The molecule has 0 aliphatic heterocycles. The van der Waals surface area contributed by atoms with Gasteiger partial charge in [-0.15, -0.1) is 0 Å². The first-order chi connectivity index (χ1) is 9.98. The summed E-state index contributed by atoms with van der Waals surface area (Å²) < 4.78 is 26.1. The van der Waals surface area contributed by atoms with Gasteiger partial charge < -0.3 is 5.32 Å². The van der Waals surface area contributed by atoms with Crippen LogP contribution in [-0.2, 0) is 9.84 Å². The fourth-order valence-corrected chi connectivity index (χ4v) is 5.55. The highest BCUT2D eigenvalue weighted by Crippen LogP contribution is 2.34. The molecule has 3 nitrogen and oxygen atoms in total. The molecule has 118 valence electrons. The smallest absolute Gasteiger partial charge is 0.182 e. The summed E-state index contributed by atoms with van der Waals surface area (Å²) in [6.45, 7) is 6.97. The molecule has 21 heavy (non-hydrogen) atoms. The predicted molar refractivity (Wildman–Crippen MR) is 87.2 cm³/mol. The molecule has 0 radical (unpaired) electrons. The van der Waals surface area contributed by atoms with Gasteiger partial charge in [-0.3, -0.25) is 0 Å². The second kappa shape index (κ2) is 6.93. The second-order valence-corrected chi connectivity index (χ2v) is 8.32. The lowest BCUT2D eigenvalue weighted by atomic mass is 9.84. The van der Waals surface area contributed by atoms with Gasteiger partial charge in [-0.1, -0.05) is 32.4 Å². The molecular formula is C17H27NO2S. The van der Waals surface area contributed by atoms with Crippen molar-refractivity contribution in [2.24, 2.45) is 5.92 Å². The third-order valence-electron chi connectivity index (χ3n) is 4.66. The first-order valence-corrected chi connectivity index (χ1v) is 9.57. The normalized spacial score (nSPS) is 26.7. The zero-order valence-electron chi connectivity index (χ0n) is 13.3. The summed E-state index contributed by atoms with van der Waals surface area (Å²) in [4.78, 5) is 0.479. The van der Waals surface area contributed by atoms with E-state index in [2.05, 4.69) is 12.2 Å². The Bertz CT molecular complexity index is 568. The Labute approximate surface area is 129 Å². The minimum absolute atomic E-state index is 0.0864. The largest absolute Gasteiger partial charge is 0.313 e. The lowest BCUT2D eigenvalue weighted by Crippen LogP contribution is -2.48. The van der Waals surface area contributed by atoms with E-state index in [0.29, 0.717) is 10.8 Å². The lowest BCUT2D eigenvalue weighted by Gasteiger charge is -2.36. The van der Waals surface area contributed by atoms with Crippen molar-refractivity contribution in [2.75, 3.05) is 6.54 Å². The topological polar surface area (TPSA) is 46.2 Å². The maximum absolute atomic E-state index is 13.0. The van der Waals surface area contributed by atoms with Gasteiger partial charge in [-0.25, -0.2) is 8.42 Å². The van der Waals surface area contributed by atoms with Gasteiger partial charge in [0, 0.05) is 6.04 Å². The van der Waals surface area contributed by atoms with Crippen LogP contribution in [-0.4, -0.2) is 26.3 Å². The molecule has 0 amide bonds. The molecule has 0 bridgehead atoms. The van der Waals surface area contributed by atoms with Crippen LogP contribution in [0.3, 0.4) is 0 Å². The minimum Gasteiger partial charge on any atom is -0.313 e. The fraction of sp³-hybridized carbons (Fsp3) is 0.647. The molecule has 1 aromatic carbocycles. The second-order valence-electron chi connectivity index (χ2n) is 6.15. The molecule has 0 spiro atoms. The Hall–Kier alpha value is -0.870. The summed E-state index contributed by atoms with van der Waals surface area (Å²) in [5, 5.41) is 3.10. The Kier molecular flexibility index (Phi) is 5.44. The molecule has 2 rings (SSSR count). The van der Waals surface area contributed by atoms with Crippen LogP contribution in [0, 0.1) is 12.8 Å². The first-order valence-electron chi connectivity index (χ1n) is 8.03. The molecule has 3 unspecified atom stereocenters. The molecule has 3 atom stereocenters. The first kappa shape index (κ1) is 16.5. The zero-order valence-corrected chi connectivity index (χ0v) is 14.1. The fourth-order valence-electron chi connectivity index (χ4n) is 3.39. The summed E-state index contributed by atoms with van der Waals surface area (Å²) in [6, 6.07) is 7.40. The number of hydrogen-bond donors (Lipinski definition) is 1. The van der Waals surface area contributed by atoms with Gasteiger partial charge in [-0.05, 0) is 56.3 Å². The van der Waals surface area contributed by atoms with E-state index in [9.17, 15) is 8.42 Å². The van der Waals surface area contributed by atoms with Gasteiger partial charge in [0.1, 0.15) is 0 Å². The number of nitrogens with one attached hydrogen (secondary N) is 1. The van der Waals surface area contributed by atoms with Crippen molar-refractivity contribution in [3.05, 3.63) is 29.8 Å². The molecule has 0 heterocycles. The highest BCUT2D eigenvalue weighted by molar-refractivity contribution is 7.92. The van der Waals surface area contributed by atoms with Crippen molar-refractivity contribution in [3.8, 4) is 0 Å². The summed E-state index contributed by atoms with van der Waals surface area (Å²) >= 11 is 0. The van der Waals surface area contributed by atoms with Crippen LogP contribution in [0.4, 0.5) is 0 Å². The summed E-state index contributed by atoms with van der Waals surface area (Å²) in [5.74, 6) is 0.532. The average molecular weight is 309 g/mol. The van der Waals surface area contributed by atoms with Gasteiger partial charge in [-0.2, -0.15) is 0 Å². The van der Waals surface area contributed by atoms with Crippen molar-refractivity contribution < 1.29 is 8.42 Å². The van der Waals surface area contributed by atoms with Crippen LogP contribution in [0.5, 0.6) is 0 Å².